The lowest BCUT2D eigenvalue weighted by Crippen LogP contribution is -2.12. The van der Waals surface area contributed by atoms with Crippen molar-refractivity contribution in [3.63, 3.8) is 0 Å². The molecule has 4 aromatic rings. The first-order valence-corrected chi connectivity index (χ1v) is 9.04. The van der Waals surface area contributed by atoms with E-state index in [0.29, 0.717) is 6.54 Å². The first kappa shape index (κ1) is 16.6. The van der Waals surface area contributed by atoms with Gasteiger partial charge in [-0.1, -0.05) is 71.8 Å². The van der Waals surface area contributed by atoms with Gasteiger partial charge >= 0.3 is 0 Å². The van der Waals surface area contributed by atoms with Crippen LogP contribution in [0.25, 0.3) is 22.1 Å². The van der Waals surface area contributed by atoms with Crippen LogP contribution in [0.4, 0.5) is 0 Å². The molecule has 26 heavy (non-hydrogen) atoms. The Morgan fingerprint density at radius 2 is 1.50 bits per heavy atom. The van der Waals surface area contributed by atoms with E-state index in [1.54, 1.807) is 0 Å². The number of rotatable bonds is 5. The molecule has 0 saturated carbocycles. The van der Waals surface area contributed by atoms with E-state index in [2.05, 4.69) is 85.9 Å². The Balaban J connectivity index is 1.69. The molecular weight excluding hydrogens is 318 g/mol. The second-order valence-corrected chi connectivity index (χ2v) is 6.86. The lowest BCUT2D eigenvalue weighted by atomic mass is 9.99. The minimum absolute atomic E-state index is 0.700. The average Bonchev–Trinajstić information content (AvgIpc) is 3.01. The van der Waals surface area contributed by atoms with Crippen molar-refractivity contribution in [2.75, 3.05) is 0 Å². The Hall–Kier alpha value is -2.84. The fourth-order valence-corrected chi connectivity index (χ4v) is 3.34. The molecule has 0 fully saturated rings. The molecule has 0 atom stereocenters. The van der Waals surface area contributed by atoms with Gasteiger partial charge in [0.15, 0.2) is 0 Å². The molecule has 0 aliphatic carbocycles. The maximum Gasteiger partial charge on any atom is 0.135 e. The van der Waals surface area contributed by atoms with Crippen molar-refractivity contribution in [1.82, 2.24) is 5.32 Å². The van der Waals surface area contributed by atoms with Crippen molar-refractivity contribution in [2.45, 2.75) is 26.9 Å². The van der Waals surface area contributed by atoms with Gasteiger partial charge in [-0.2, -0.15) is 0 Å². The fourth-order valence-electron chi connectivity index (χ4n) is 3.34. The van der Waals surface area contributed by atoms with Crippen molar-refractivity contribution >= 4 is 11.0 Å². The highest BCUT2D eigenvalue weighted by atomic mass is 16.3. The summed E-state index contributed by atoms with van der Waals surface area (Å²) in [5.74, 6) is 0.991. The Labute approximate surface area is 154 Å². The van der Waals surface area contributed by atoms with Crippen molar-refractivity contribution < 1.29 is 4.42 Å². The normalized spacial score (nSPS) is 11.2. The molecule has 0 unspecified atom stereocenters. The van der Waals surface area contributed by atoms with Crippen LogP contribution < -0.4 is 5.32 Å². The second-order valence-electron chi connectivity index (χ2n) is 6.86. The third kappa shape index (κ3) is 3.42. The zero-order valence-electron chi connectivity index (χ0n) is 15.3. The molecule has 0 radical (unpaired) electrons. The molecule has 2 heteroatoms. The summed E-state index contributed by atoms with van der Waals surface area (Å²) in [6, 6.07) is 25.5. The largest absolute Gasteiger partial charge is 0.459 e. The van der Waals surface area contributed by atoms with E-state index in [1.165, 1.54) is 33.2 Å². The molecule has 3 aromatic carbocycles. The van der Waals surface area contributed by atoms with Gasteiger partial charge in [-0.05, 0) is 37.1 Å². The van der Waals surface area contributed by atoms with Crippen LogP contribution in [0.15, 0.2) is 77.2 Å². The smallest absolute Gasteiger partial charge is 0.135 e. The Morgan fingerprint density at radius 3 is 2.27 bits per heavy atom. The SMILES string of the molecule is Cc1ccc(-c2c(CNCc3ccccc3)oc3ccc(C)cc23)cc1. The molecule has 0 bridgehead atoms. The van der Waals surface area contributed by atoms with E-state index in [0.717, 1.165) is 17.9 Å². The van der Waals surface area contributed by atoms with Crippen molar-refractivity contribution in [1.29, 1.82) is 0 Å². The minimum atomic E-state index is 0.700. The highest BCUT2D eigenvalue weighted by molar-refractivity contribution is 5.96. The van der Waals surface area contributed by atoms with Crippen LogP contribution in [0, 0.1) is 13.8 Å². The van der Waals surface area contributed by atoms with Crippen LogP contribution in [0.5, 0.6) is 0 Å². The van der Waals surface area contributed by atoms with Crippen LogP contribution in [0.1, 0.15) is 22.5 Å². The summed E-state index contributed by atoms with van der Waals surface area (Å²) in [5, 5.41) is 4.71. The number of fused-ring (bicyclic) bond motifs is 1. The molecule has 1 aromatic heterocycles. The molecule has 4 rings (SSSR count). The zero-order valence-corrected chi connectivity index (χ0v) is 15.3. The van der Waals surface area contributed by atoms with Crippen molar-refractivity contribution in [3.05, 3.63) is 95.2 Å². The molecule has 130 valence electrons. The van der Waals surface area contributed by atoms with E-state index >= 15 is 0 Å². The summed E-state index contributed by atoms with van der Waals surface area (Å²) >= 11 is 0. The molecular formula is C24H23NO. The number of furan rings is 1. The summed E-state index contributed by atoms with van der Waals surface area (Å²) in [6.45, 7) is 5.76. The fraction of sp³-hybridized carbons (Fsp3) is 0.167. The van der Waals surface area contributed by atoms with Gasteiger partial charge in [0.05, 0.1) is 6.54 Å². The molecule has 1 heterocycles. The zero-order chi connectivity index (χ0) is 17.9. The number of nitrogens with one attached hydrogen (secondary N) is 1. The van der Waals surface area contributed by atoms with Crippen LogP contribution in [0.2, 0.25) is 0 Å². The number of benzene rings is 3. The van der Waals surface area contributed by atoms with Crippen LogP contribution in [0.3, 0.4) is 0 Å². The van der Waals surface area contributed by atoms with E-state index in [9.17, 15) is 0 Å². The highest BCUT2D eigenvalue weighted by Gasteiger charge is 2.16. The summed E-state index contributed by atoms with van der Waals surface area (Å²) in [6.07, 6.45) is 0. The van der Waals surface area contributed by atoms with Crippen LogP contribution >= 0.6 is 0 Å². The van der Waals surface area contributed by atoms with Gasteiger partial charge in [0.2, 0.25) is 0 Å². The summed E-state index contributed by atoms with van der Waals surface area (Å²) in [5.41, 5.74) is 7.14. The van der Waals surface area contributed by atoms with Gasteiger partial charge < -0.3 is 9.73 Å². The topological polar surface area (TPSA) is 25.2 Å². The Morgan fingerprint density at radius 1 is 0.769 bits per heavy atom. The van der Waals surface area contributed by atoms with E-state index < -0.39 is 0 Å². The maximum absolute atomic E-state index is 6.21. The predicted octanol–water partition coefficient (Wildman–Crippen LogP) is 6.01. The van der Waals surface area contributed by atoms with Gasteiger partial charge in [-0.25, -0.2) is 0 Å². The quantitative estimate of drug-likeness (QED) is 0.481. The third-order valence-corrected chi connectivity index (χ3v) is 4.71. The molecule has 0 amide bonds. The first-order valence-electron chi connectivity index (χ1n) is 9.04. The second kappa shape index (κ2) is 7.19. The lowest BCUT2D eigenvalue weighted by molar-refractivity contribution is 0.515. The average molecular weight is 341 g/mol. The van der Waals surface area contributed by atoms with E-state index in [1.807, 2.05) is 6.07 Å². The minimum Gasteiger partial charge on any atom is -0.459 e. The summed E-state index contributed by atoms with van der Waals surface area (Å²) in [7, 11) is 0. The summed E-state index contributed by atoms with van der Waals surface area (Å²) in [4.78, 5) is 0. The highest BCUT2D eigenvalue weighted by Crippen LogP contribution is 2.35. The number of aryl methyl sites for hydroxylation is 2. The van der Waals surface area contributed by atoms with Gasteiger partial charge in [0.1, 0.15) is 11.3 Å². The Bertz CT molecular complexity index is 1010. The number of hydrogen-bond acceptors (Lipinski definition) is 2. The predicted molar refractivity (Wildman–Crippen MR) is 108 cm³/mol. The maximum atomic E-state index is 6.21. The molecule has 0 aliphatic rings. The van der Waals surface area contributed by atoms with Gasteiger partial charge in [0, 0.05) is 17.5 Å². The lowest BCUT2D eigenvalue weighted by Gasteiger charge is -2.07. The molecule has 0 aliphatic heterocycles. The van der Waals surface area contributed by atoms with E-state index in [4.69, 9.17) is 4.42 Å². The van der Waals surface area contributed by atoms with Crippen LogP contribution in [-0.2, 0) is 13.1 Å². The van der Waals surface area contributed by atoms with Crippen molar-refractivity contribution in [3.8, 4) is 11.1 Å². The number of hydrogen-bond donors (Lipinski definition) is 1. The van der Waals surface area contributed by atoms with Gasteiger partial charge in [-0.3, -0.25) is 0 Å². The third-order valence-electron chi connectivity index (χ3n) is 4.71. The van der Waals surface area contributed by atoms with Gasteiger partial charge in [0.25, 0.3) is 0 Å². The van der Waals surface area contributed by atoms with Crippen molar-refractivity contribution in [2.24, 2.45) is 0 Å². The van der Waals surface area contributed by atoms with Crippen LogP contribution in [-0.4, -0.2) is 0 Å². The monoisotopic (exact) mass is 341 g/mol. The van der Waals surface area contributed by atoms with E-state index in [-0.39, 0.29) is 0 Å². The Kier molecular flexibility index (Phi) is 4.59. The standard InChI is InChI=1S/C24H23NO/c1-17-8-11-20(12-9-17)24-21-14-18(2)10-13-22(21)26-23(24)16-25-15-19-6-4-3-5-7-19/h3-14,25H,15-16H2,1-2H3. The summed E-state index contributed by atoms with van der Waals surface area (Å²) < 4.78 is 6.21. The molecule has 2 nitrogen and oxygen atoms in total. The molecule has 0 spiro atoms. The van der Waals surface area contributed by atoms with Gasteiger partial charge in [-0.15, -0.1) is 0 Å². The molecule has 1 N–H and O–H groups in total. The first-order chi connectivity index (χ1) is 12.7. The molecule has 0 saturated heterocycles.